The van der Waals surface area contributed by atoms with Crippen molar-refractivity contribution < 1.29 is 22.7 Å². The summed E-state index contributed by atoms with van der Waals surface area (Å²) in [5, 5.41) is 3.43. The molecule has 2 aromatic rings. The molecule has 36 heavy (non-hydrogen) atoms. The van der Waals surface area contributed by atoms with Crippen LogP contribution in [0.15, 0.2) is 48.5 Å². The summed E-state index contributed by atoms with van der Waals surface area (Å²) in [7, 11) is -2.03. The summed E-state index contributed by atoms with van der Waals surface area (Å²) < 4.78 is 31.3. The summed E-state index contributed by atoms with van der Waals surface area (Å²) in [6.07, 6.45) is 2.23. The first-order valence-electron chi connectivity index (χ1n) is 11.9. The van der Waals surface area contributed by atoms with E-state index in [0.717, 1.165) is 18.2 Å². The van der Waals surface area contributed by atoms with Crippen molar-refractivity contribution >= 4 is 39.1 Å². The third-order valence-electron chi connectivity index (χ3n) is 5.98. The number of nitrogens with zero attached hydrogens (tertiary/aromatic N) is 2. The van der Waals surface area contributed by atoms with E-state index in [9.17, 15) is 18.0 Å². The lowest BCUT2D eigenvalue weighted by molar-refractivity contribution is -0.140. The summed E-state index contributed by atoms with van der Waals surface area (Å²) in [4.78, 5) is 27.7. The summed E-state index contributed by atoms with van der Waals surface area (Å²) in [5.41, 5.74) is 1.21. The summed E-state index contributed by atoms with van der Waals surface area (Å²) in [5.74, 6) is 0.105. The number of rotatable bonds is 13. The molecular weight excluding hydrogens is 502 g/mol. The summed E-state index contributed by atoms with van der Waals surface area (Å²) in [6.45, 7) is 5.85. The average molecular weight is 538 g/mol. The van der Waals surface area contributed by atoms with Gasteiger partial charge in [0.05, 0.1) is 19.1 Å². The van der Waals surface area contributed by atoms with Crippen LogP contribution in [0.25, 0.3) is 0 Å². The van der Waals surface area contributed by atoms with Crippen molar-refractivity contribution in [1.82, 2.24) is 10.2 Å². The Balaban J connectivity index is 2.18. The Kier molecular flexibility index (Phi) is 11.0. The van der Waals surface area contributed by atoms with Crippen LogP contribution in [0.2, 0.25) is 5.02 Å². The largest absolute Gasteiger partial charge is 0.497 e. The third kappa shape index (κ3) is 8.41. The maximum atomic E-state index is 13.3. The smallest absolute Gasteiger partial charge is 0.242 e. The van der Waals surface area contributed by atoms with Crippen LogP contribution in [0.4, 0.5) is 5.69 Å². The van der Waals surface area contributed by atoms with Crippen molar-refractivity contribution in [2.75, 3.05) is 24.2 Å². The molecule has 0 bridgehead atoms. The molecule has 2 aromatic carbocycles. The lowest BCUT2D eigenvalue weighted by Crippen LogP contribution is -2.49. The molecule has 0 aliphatic rings. The van der Waals surface area contributed by atoms with Gasteiger partial charge >= 0.3 is 0 Å². The highest BCUT2D eigenvalue weighted by Crippen LogP contribution is 2.23. The molecule has 8 nitrogen and oxygen atoms in total. The first-order chi connectivity index (χ1) is 17.0. The first kappa shape index (κ1) is 29.5. The van der Waals surface area contributed by atoms with E-state index in [1.165, 1.54) is 16.3 Å². The summed E-state index contributed by atoms with van der Waals surface area (Å²) >= 11 is 6.33. The SMILES string of the molecule is CC[C@H](C)NC(=O)[C@@H](C)N(Cc1ccccc1Cl)C(=O)CCCN(c1ccc(OC)cc1)S(C)(=O)=O. The van der Waals surface area contributed by atoms with E-state index in [0.29, 0.717) is 16.5 Å². The molecule has 0 aromatic heterocycles. The number of sulfonamides is 1. The third-order valence-corrected chi connectivity index (χ3v) is 7.54. The van der Waals surface area contributed by atoms with Gasteiger partial charge in [0.15, 0.2) is 0 Å². The fourth-order valence-corrected chi connectivity index (χ4v) is 4.77. The van der Waals surface area contributed by atoms with Crippen LogP contribution in [0.3, 0.4) is 0 Å². The van der Waals surface area contributed by atoms with Crippen molar-refractivity contribution in [1.29, 1.82) is 0 Å². The molecule has 0 saturated heterocycles. The van der Waals surface area contributed by atoms with E-state index in [-0.39, 0.29) is 43.8 Å². The Labute approximate surface area is 219 Å². The standard InChI is InChI=1S/C26H36ClN3O5S/c1-6-19(2)28-26(32)20(3)29(18-21-10-7-8-11-24(21)27)25(31)12-9-17-30(36(5,33)34)22-13-15-23(35-4)16-14-22/h7-8,10-11,13-16,19-20H,6,9,12,17-18H2,1-5H3,(H,28,32)/t19-,20+/m0/s1. The molecule has 0 heterocycles. The van der Waals surface area contributed by atoms with Crippen molar-refractivity contribution in [2.24, 2.45) is 0 Å². The lowest BCUT2D eigenvalue weighted by atomic mass is 10.1. The number of carbonyl (C=O) groups excluding carboxylic acids is 2. The number of benzene rings is 2. The minimum absolute atomic E-state index is 0.0231. The molecule has 2 amide bonds. The zero-order valence-electron chi connectivity index (χ0n) is 21.5. The highest BCUT2D eigenvalue weighted by molar-refractivity contribution is 7.92. The number of hydrogen-bond acceptors (Lipinski definition) is 5. The molecule has 0 radical (unpaired) electrons. The second kappa shape index (κ2) is 13.5. The Hall–Kier alpha value is -2.78. The molecule has 10 heteroatoms. The highest BCUT2D eigenvalue weighted by atomic mass is 35.5. The zero-order chi connectivity index (χ0) is 26.9. The Morgan fingerprint density at radius 3 is 2.28 bits per heavy atom. The molecule has 0 aliphatic carbocycles. The highest BCUT2D eigenvalue weighted by Gasteiger charge is 2.27. The molecule has 0 unspecified atom stereocenters. The van der Waals surface area contributed by atoms with Gasteiger partial charge in [-0.1, -0.05) is 36.7 Å². The molecule has 0 fully saturated rings. The molecule has 2 rings (SSSR count). The van der Waals surface area contributed by atoms with E-state index in [1.54, 1.807) is 43.3 Å². The van der Waals surface area contributed by atoms with Gasteiger partial charge in [-0.25, -0.2) is 8.42 Å². The number of hydrogen-bond donors (Lipinski definition) is 1. The monoisotopic (exact) mass is 537 g/mol. The average Bonchev–Trinajstić information content (AvgIpc) is 2.84. The van der Waals surface area contributed by atoms with Gasteiger partial charge in [-0.05, 0) is 62.6 Å². The first-order valence-corrected chi connectivity index (χ1v) is 14.2. The van der Waals surface area contributed by atoms with E-state index >= 15 is 0 Å². The van der Waals surface area contributed by atoms with Gasteiger partial charge in [-0.3, -0.25) is 13.9 Å². The minimum atomic E-state index is -3.57. The predicted molar refractivity (Wildman–Crippen MR) is 144 cm³/mol. The van der Waals surface area contributed by atoms with Gasteiger partial charge < -0.3 is 15.0 Å². The maximum Gasteiger partial charge on any atom is 0.242 e. The number of ether oxygens (including phenoxy) is 1. The van der Waals surface area contributed by atoms with E-state index < -0.39 is 16.1 Å². The van der Waals surface area contributed by atoms with E-state index in [4.69, 9.17) is 16.3 Å². The molecule has 0 spiro atoms. The molecule has 198 valence electrons. The molecule has 0 saturated carbocycles. The van der Waals surface area contributed by atoms with E-state index in [2.05, 4.69) is 5.32 Å². The molecule has 1 N–H and O–H groups in total. The number of methoxy groups -OCH3 is 1. The number of carbonyl (C=O) groups is 2. The van der Waals surface area contributed by atoms with Gasteiger partial charge in [0.2, 0.25) is 21.8 Å². The normalized spacial score (nSPS) is 12.9. The van der Waals surface area contributed by atoms with Gasteiger partial charge in [0.25, 0.3) is 0 Å². The quantitative estimate of drug-likeness (QED) is 0.412. The van der Waals surface area contributed by atoms with Crippen LogP contribution in [0.1, 0.15) is 45.6 Å². The van der Waals surface area contributed by atoms with Crippen LogP contribution in [0.5, 0.6) is 5.75 Å². The lowest BCUT2D eigenvalue weighted by Gasteiger charge is -2.30. The van der Waals surface area contributed by atoms with Crippen LogP contribution < -0.4 is 14.4 Å². The maximum absolute atomic E-state index is 13.3. The van der Waals surface area contributed by atoms with Crippen LogP contribution in [0, 0.1) is 0 Å². The fraction of sp³-hybridized carbons (Fsp3) is 0.462. The van der Waals surface area contributed by atoms with Gasteiger partial charge in [0.1, 0.15) is 11.8 Å². The van der Waals surface area contributed by atoms with Crippen molar-refractivity contribution in [3.63, 3.8) is 0 Å². The number of halogens is 1. The van der Waals surface area contributed by atoms with Gasteiger partial charge in [-0.2, -0.15) is 0 Å². The van der Waals surface area contributed by atoms with E-state index in [1.807, 2.05) is 26.0 Å². The van der Waals surface area contributed by atoms with Crippen LogP contribution >= 0.6 is 11.6 Å². The number of anilines is 1. The Bertz CT molecular complexity index is 1120. The van der Waals surface area contributed by atoms with Crippen LogP contribution in [-0.2, 0) is 26.2 Å². The Morgan fingerprint density at radius 1 is 1.08 bits per heavy atom. The molecular formula is C26H36ClN3O5S. The van der Waals surface area contributed by atoms with Gasteiger partial charge in [0, 0.05) is 30.6 Å². The number of nitrogens with one attached hydrogen (secondary N) is 1. The minimum Gasteiger partial charge on any atom is -0.497 e. The van der Waals surface area contributed by atoms with Crippen LogP contribution in [-0.4, -0.2) is 57.1 Å². The topological polar surface area (TPSA) is 96.0 Å². The second-order valence-electron chi connectivity index (χ2n) is 8.74. The van der Waals surface area contributed by atoms with Crippen molar-refractivity contribution in [2.45, 2.75) is 58.7 Å². The van der Waals surface area contributed by atoms with Gasteiger partial charge in [-0.15, -0.1) is 0 Å². The van der Waals surface area contributed by atoms with Crippen molar-refractivity contribution in [3.05, 3.63) is 59.1 Å². The molecule has 2 atom stereocenters. The zero-order valence-corrected chi connectivity index (χ0v) is 23.1. The van der Waals surface area contributed by atoms with Crippen molar-refractivity contribution in [3.8, 4) is 5.75 Å². The second-order valence-corrected chi connectivity index (χ2v) is 11.1. The number of amides is 2. The Morgan fingerprint density at radius 2 is 1.72 bits per heavy atom. The molecule has 0 aliphatic heterocycles. The summed E-state index contributed by atoms with van der Waals surface area (Å²) in [6, 6.07) is 13.1. The predicted octanol–water partition coefficient (Wildman–Crippen LogP) is 4.23. The fourth-order valence-electron chi connectivity index (χ4n) is 3.61.